The summed E-state index contributed by atoms with van der Waals surface area (Å²) >= 11 is 0. The molecule has 0 saturated heterocycles. The highest BCUT2D eigenvalue weighted by atomic mass is 16.3. The fourth-order valence-electron chi connectivity index (χ4n) is 2.98. The average molecular weight is 324 g/mol. The summed E-state index contributed by atoms with van der Waals surface area (Å²) in [4.78, 5) is 25.0. The molecule has 0 saturated carbocycles. The largest absolute Gasteiger partial charge is 0.396 e. The normalized spacial score (nSPS) is 12.4. The van der Waals surface area contributed by atoms with E-state index in [0.29, 0.717) is 17.2 Å². The number of amides is 1. The van der Waals surface area contributed by atoms with E-state index in [1.54, 1.807) is 12.1 Å². The van der Waals surface area contributed by atoms with E-state index in [-0.39, 0.29) is 30.5 Å². The fraction of sp³-hybridized carbons (Fsp3) is 0.263. The Hall–Kier alpha value is -2.66. The van der Waals surface area contributed by atoms with Crippen molar-refractivity contribution in [2.75, 3.05) is 6.61 Å². The minimum atomic E-state index is -0.144. The lowest BCUT2D eigenvalue weighted by molar-refractivity contribution is -0.122. The van der Waals surface area contributed by atoms with E-state index in [0.717, 1.165) is 11.0 Å². The van der Waals surface area contributed by atoms with E-state index >= 15 is 0 Å². The lowest BCUT2D eigenvalue weighted by Crippen LogP contribution is -2.36. The second-order valence-corrected chi connectivity index (χ2v) is 5.93. The van der Waals surface area contributed by atoms with Crippen LogP contribution in [0.2, 0.25) is 0 Å². The van der Waals surface area contributed by atoms with Gasteiger partial charge in [-0.05, 0) is 37.6 Å². The predicted molar refractivity (Wildman–Crippen MR) is 95.0 cm³/mol. The van der Waals surface area contributed by atoms with Crippen LogP contribution >= 0.6 is 0 Å². The monoisotopic (exact) mass is 324 g/mol. The average Bonchev–Trinajstić information content (AvgIpc) is 2.59. The SMILES string of the molecule is CC(CCO)NC(=O)Cn1c2ccccc2c(=O)c2ccccc21. The number of aliphatic hydroxyl groups is 1. The molecule has 0 aliphatic carbocycles. The van der Waals surface area contributed by atoms with Crippen molar-refractivity contribution in [1.82, 2.24) is 9.88 Å². The molecule has 5 heteroatoms. The Balaban J connectivity index is 2.10. The molecule has 1 amide bonds. The minimum absolute atomic E-state index is 0.0218. The molecule has 1 aromatic heterocycles. The molecule has 124 valence electrons. The number of nitrogens with zero attached hydrogens (tertiary/aromatic N) is 1. The van der Waals surface area contributed by atoms with Gasteiger partial charge < -0.3 is 15.0 Å². The number of aromatic nitrogens is 1. The van der Waals surface area contributed by atoms with Crippen LogP contribution in [0.4, 0.5) is 0 Å². The summed E-state index contributed by atoms with van der Waals surface area (Å²) in [5.41, 5.74) is 1.46. The van der Waals surface area contributed by atoms with Crippen LogP contribution in [0.3, 0.4) is 0 Å². The van der Waals surface area contributed by atoms with Gasteiger partial charge in [-0.1, -0.05) is 24.3 Å². The topological polar surface area (TPSA) is 71.3 Å². The molecule has 1 atom stereocenters. The minimum Gasteiger partial charge on any atom is -0.396 e. The van der Waals surface area contributed by atoms with Gasteiger partial charge in [-0.3, -0.25) is 9.59 Å². The van der Waals surface area contributed by atoms with E-state index in [2.05, 4.69) is 5.32 Å². The van der Waals surface area contributed by atoms with Gasteiger partial charge in [-0.2, -0.15) is 0 Å². The number of nitrogens with one attached hydrogen (secondary N) is 1. The van der Waals surface area contributed by atoms with Gasteiger partial charge in [0.15, 0.2) is 5.43 Å². The summed E-state index contributed by atoms with van der Waals surface area (Å²) < 4.78 is 1.87. The molecule has 0 spiro atoms. The van der Waals surface area contributed by atoms with Crippen LogP contribution in [0.15, 0.2) is 53.3 Å². The van der Waals surface area contributed by atoms with Crippen molar-refractivity contribution >= 4 is 27.7 Å². The number of rotatable bonds is 5. The van der Waals surface area contributed by atoms with E-state index in [9.17, 15) is 9.59 Å². The van der Waals surface area contributed by atoms with Crippen LogP contribution in [0.5, 0.6) is 0 Å². The Labute approximate surface area is 139 Å². The molecule has 3 aromatic rings. The molecular weight excluding hydrogens is 304 g/mol. The van der Waals surface area contributed by atoms with Crippen LogP contribution in [0, 0.1) is 0 Å². The van der Waals surface area contributed by atoms with Gasteiger partial charge in [0.1, 0.15) is 6.54 Å². The third-order valence-corrected chi connectivity index (χ3v) is 4.15. The smallest absolute Gasteiger partial charge is 0.240 e. The van der Waals surface area contributed by atoms with E-state index in [4.69, 9.17) is 5.11 Å². The molecule has 0 aliphatic heterocycles. The summed E-state index contributed by atoms with van der Waals surface area (Å²) in [7, 11) is 0. The lowest BCUT2D eigenvalue weighted by Gasteiger charge is -2.17. The lowest BCUT2D eigenvalue weighted by atomic mass is 10.1. The van der Waals surface area contributed by atoms with E-state index < -0.39 is 0 Å². The molecule has 1 heterocycles. The molecule has 0 aliphatic rings. The molecule has 2 N–H and O–H groups in total. The van der Waals surface area contributed by atoms with Crippen molar-refractivity contribution in [2.45, 2.75) is 25.9 Å². The zero-order valence-corrected chi connectivity index (χ0v) is 13.5. The molecule has 3 rings (SSSR count). The fourth-order valence-corrected chi connectivity index (χ4v) is 2.98. The number of carbonyl (C=O) groups excluding carboxylic acids is 1. The van der Waals surface area contributed by atoms with Gasteiger partial charge >= 0.3 is 0 Å². The van der Waals surface area contributed by atoms with Gasteiger partial charge in [-0.15, -0.1) is 0 Å². The van der Waals surface area contributed by atoms with E-state index in [1.165, 1.54) is 0 Å². The number of benzene rings is 2. The molecule has 5 nitrogen and oxygen atoms in total. The zero-order valence-electron chi connectivity index (χ0n) is 13.5. The molecule has 0 fully saturated rings. The van der Waals surface area contributed by atoms with Gasteiger partial charge in [0.25, 0.3) is 0 Å². The number of fused-ring (bicyclic) bond motifs is 2. The highest BCUT2D eigenvalue weighted by Gasteiger charge is 2.13. The van der Waals surface area contributed by atoms with Crippen molar-refractivity contribution < 1.29 is 9.90 Å². The first-order valence-corrected chi connectivity index (χ1v) is 8.02. The second-order valence-electron chi connectivity index (χ2n) is 5.93. The Morgan fingerprint density at radius 3 is 2.17 bits per heavy atom. The Morgan fingerprint density at radius 1 is 1.08 bits per heavy atom. The van der Waals surface area contributed by atoms with Crippen molar-refractivity contribution in [2.24, 2.45) is 0 Å². The first kappa shape index (κ1) is 16.2. The maximum absolute atomic E-state index is 12.6. The highest BCUT2D eigenvalue weighted by Crippen LogP contribution is 2.18. The molecule has 0 bridgehead atoms. The second kappa shape index (κ2) is 6.84. The molecule has 0 radical (unpaired) electrons. The first-order chi connectivity index (χ1) is 11.6. The summed E-state index contributed by atoms with van der Waals surface area (Å²) in [6, 6.07) is 14.6. The van der Waals surface area contributed by atoms with Gasteiger partial charge in [0.2, 0.25) is 5.91 Å². The number of hydrogen-bond acceptors (Lipinski definition) is 3. The van der Waals surface area contributed by atoms with Gasteiger partial charge in [0, 0.05) is 23.4 Å². The molecular formula is C19H20N2O3. The van der Waals surface area contributed by atoms with Crippen molar-refractivity contribution in [1.29, 1.82) is 0 Å². The summed E-state index contributed by atoms with van der Waals surface area (Å²) in [5, 5.41) is 13.0. The number of aliphatic hydroxyl groups excluding tert-OH is 1. The summed E-state index contributed by atoms with van der Waals surface area (Å²) in [5.74, 6) is -0.144. The van der Waals surface area contributed by atoms with Crippen molar-refractivity contribution in [3.8, 4) is 0 Å². The third kappa shape index (κ3) is 3.03. The maximum atomic E-state index is 12.6. The first-order valence-electron chi connectivity index (χ1n) is 8.02. The quantitative estimate of drug-likeness (QED) is 0.706. The zero-order chi connectivity index (χ0) is 17.1. The molecule has 2 aromatic carbocycles. The van der Waals surface area contributed by atoms with E-state index in [1.807, 2.05) is 47.9 Å². The predicted octanol–water partition coefficient (Wildman–Crippen LogP) is 2.04. The third-order valence-electron chi connectivity index (χ3n) is 4.15. The number of hydrogen-bond donors (Lipinski definition) is 2. The van der Waals surface area contributed by atoms with Crippen LogP contribution in [0.25, 0.3) is 21.8 Å². The highest BCUT2D eigenvalue weighted by molar-refractivity contribution is 5.94. The Kier molecular flexibility index (Phi) is 4.62. The Bertz CT molecular complexity index is 886. The molecule has 24 heavy (non-hydrogen) atoms. The molecule has 1 unspecified atom stereocenters. The number of carbonyl (C=O) groups is 1. The van der Waals surface area contributed by atoms with Crippen molar-refractivity contribution in [3.05, 3.63) is 58.8 Å². The number of para-hydroxylation sites is 2. The maximum Gasteiger partial charge on any atom is 0.240 e. The standard InChI is InChI=1S/C19H20N2O3/c1-13(10-11-22)20-18(23)12-21-16-8-4-2-6-14(16)19(24)15-7-3-5-9-17(15)21/h2-9,13,22H,10-12H2,1H3,(H,20,23). The summed E-state index contributed by atoms with van der Waals surface area (Å²) in [6.45, 7) is 2.01. The summed E-state index contributed by atoms with van der Waals surface area (Å²) in [6.07, 6.45) is 0.511. The number of pyridine rings is 1. The van der Waals surface area contributed by atoms with Crippen LogP contribution < -0.4 is 10.7 Å². The van der Waals surface area contributed by atoms with Gasteiger partial charge in [0.05, 0.1) is 11.0 Å². The van der Waals surface area contributed by atoms with Crippen LogP contribution in [0.1, 0.15) is 13.3 Å². The van der Waals surface area contributed by atoms with Crippen LogP contribution in [-0.4, -0.2) is 28.2 Å². The van der Waals surface area contributed by atoms with Crippen molar-refractivity contribution in [3.63, 3.8) is 0 Å². The van der Waals surface area contributed by atoms with Crippen LogP contribution in [-0.2, 0) is 11.3 Å². The Morgan fingerprint density at radius 2 is 1.62 bits per heavy atom. The van der Waals surface area contributed by atoms with Gasteiger partial charge in [-0.25, -0.2) is 0 Å².